The van der Waals surface area contributed by atoms with Crippen LogP contribution in [0.3, 0.4) is 0 Å². The number of fused-ring (bicyclic) bond motifs is 1. The fourth-order valence-corrected chi connectivity index (χ4v) is 2.19. The molecule has 3 rings (SSSR count). The lowest BCUT2D eigenvalue weighted by Crippen LogP contribution is -2.27. The van der Waals surface area contributed by atoms with Crippen LogP contribution in [0.5, 0.6) is 11.5 Å². The molecule has 0 unspecified atom stereocenters. The first kappa shape index (κ1) is 13.8. The number of benzene rings is 1. The summed E-state index contributed by atoms with van der Waals surface area (Å²) in [5.74, 6) is 2.34. The molecule has 21 heavy (non-hydrogen) atoms. The van der Waals surface area contributed by atoms with Gasteiger partial charge in [0.25, 0.3) is 0 Å². The van der Waals surface area contributed by atoms with Crippen molar-refractivity contribution >= 4 is 23.0 Å². The van der Waals surface area contributed by atoms with Crippen LogP contribution in [-0.4, -0.2) is 18.3 Å². The predicted molar refractivity (Wildman–Crippen MR) is 83.8 cm³/mol. The largest absolute Gasteiger partial charge is 0.490 e. The van der Waals surface area contributed by atoms with Gasteiger partial charge in [-0.3, -0.25) is 0 Å². The summed E-state index contributed by atoms with van der Waals surface area (Å²) in [6.45, 7) is 1.89. The highest BCUT2D eigenvalue weighted by atomic mass is 32.1. The molecule has 110 valence electrons. The summed E-state index contributed by atoms with van der Waals surface area (Å²) in [6, 6.07) is 9.43. The number of anilines is 1. The number of thiocarbonyl (C=S) groups is 1. The monoisotopic (exact) mass is 304 g/mol. The summed E-state index contributed by atoms with van der Waals surface area (Å²) in [6.07, 6.45) is 2.53. The Morgan fingerprint density at radius 2 is 2.00 bits per heavy atom. The van der Waals surface area contributed by atoms with E-state index in [2.05, 4.69) is 10.6 Å². The molecule has 1 aliphatic heterocycles. The summed E-state index contributed by atoms with van der Waals surface area (Å²) in [5.41, 5.74) is 0.858. The summed E-state index contributed by atoms with van der Waals surface area (Å²) < 4.78 is 16.5. The van der Waals surface area contributed by atoms with Crippen LogP contribution in [0.15, 0.2) is 41.0 Å². The Morgan fingerprint density at radius 1 is 1.14 bits per heavy atom. The Morgan fingerprint density at radius 3 is 2.81 bits per heavy atom. The highest BCUT2D eigenvalue weighted by Gasteiger charge is 2.11. The molecule has 0 aliphatic carbocycles. The molecular formula is C15H16N2O3S. The van der Waals surface area contributed by atoms with E-state index in [0.29, 0.717) is 24.9 Å². The van der Waals surface area contributed by atoms with E-state index in [9.17, 15) is 0 Å². The number of hydrogen-bond donors (Lipinski definition) is 2. The highest BCUT2D eigenvalue weighted by molar-refractivity contribution is 7.80. The second-order valence-corrected chi connectivity index (χ2v) is 5.01. The zero-order chi connectivity index (χ0) is 14.5. The Kier molecular flexibility index (Phi) is 4.25. The maximum atomic E-state index is 5.65. The van der Waals surface area contributed by atoms with Crippen LogP contribution in [0.1, 0.15) is 12.2 Å². The first-order valence-electron chi connectivity index (χ1n) is 6.78. The van der Waals surface area contributed by atoms with Gasteiger partial charge >= 0.3 is 0 Å². The Hall–Kier alpha value is -2.21. The van der Waals surface area contributed by atoms with Crippen LogP contribution < -0.4 is 20.1 Å². The van der Waals surface area contributed by atoms with Crippen LogP contribution in [0.4, 0.5) is 5.69 Å². The van der Waals surface area contributed by atoms with Gasteiger partial charge in [0.2, 0.25) is 0 Å². The first-order valence-corrected chi connectivity index (χ1v) is 7.19. The maximum Gasteiger partial charge on any atom is 0.171 e. The molecule has 2 N–H and O–H groups in total. The van der Waals surface area contributed by atoms with E-state index >= 15 is 0 Å². The van der Waals surface area contributed by atoms with Gasteiger partial charge in [0.1, 0.15) is 5.76 Å². The van der Waals surface area contributed by atoms with Crippen molar-refractivity contribution in [3.05, 3.63) is 42.4 Å². The number of rotatable bonds is 3. The van der Waals surface area contributed by atoms with Crippen LogP contribution >= 0.6 is 12.2 Å². The molecule has 1 aromatic heterocycles. The Balaban J connectivity index is 1.59. The second kappa shape index (κ2) is 6.49. The van der Waals surface area contributed by atoms with Gasteiger partial charge in [-0.15, -0.1) is 0 Å². The van der Waals surface area contributed by atoms with Crippen molar-refractivity contribution in [1.29, 1.82) is 0 Å². The summed E-state index contributed by atoms with van der Waals surface area (Å²) in [4.78, 5) is 0. The molecule has 2 heterocycles. The van der Waals surface area contributed by atoms with Gasteiger partial charge < -0.3 is 24.5 Å². The fourth-order valence-electron chi connectivity index (χ4n) is 2.00. The summed E-state index contributed by atoms with van der Waals surface area (Å²) in [7, 11) is 0. The van der Waals surface area contributed by atoms with E-state index < -0.39 is 0 Å². The minimum absolute atomic E-state index is 0.529. The molecule has 0 saturated heterocycles. The zero-order valence-corrected chi connectivity index (χ0v) is 12.2. The lowest BCUT2D eigenvalue weighted by Gasteiger charge is -2.12. The standard InChI is InChI=1S/C15H16N2O3S/c21-15(16-10-12-3-1-6-18-12)17-11-4-5-13-14(9-11)20-8-2-7-19-13/h1,3-6,9H,2,7-8,10H2,(H2,16,17,21). The van der Waals surface area contributed by atoms with Gasteiger partial charge in [0.15, 0.2) is 16.6 Å². The zero-order valence-electron chi connectivity index (χ0n) is 11.4. The van der Waals surface area contributed by atoms with Crippen LogP contribution in [-0.2, 0) is 6.54 Å². The molecule has 0 radical (unpaired) electrons. The van der Waals surface area contributed by atoms with Crippen molar-refractivity contribution in [3.63, 3.8) is 0 Å². The highest BCUT2D eigenvalue weighted by Crippen LogP contribution is 2.32. The second-order valence-electron chi connectivity index (χ2n) is 4.60. The van der Waals surface area contributed by atoms with E-state index in [0.717, 1.165) is 29.4 Å². The lowest BCUT2D eigenvalue weighted by molar-refractivity contribution is 0.297. The first-order chi connectivity index (χ1) is 10.3. The van der Waals surface area contributed by atoms with Gasteiger partial charge in [-0.2, -0.15) is 0 Å². The molecule has 0 spiro atoms. The van der Waals surface area contributed by atoms with E-state index in [1.807, 2.05) is 30.3 Å². The van der Waals surface area contributed by atoms with Crippen LogP contribution in [0.25, 0.3) is 0 Å². The number of furan rings is 1. The van der Waals surface area contributed by atoms with E-state index in [4.69, 9.17) is 26.1 Å². The van der Waals surface area contributed by atoms with Crippen LogP contribution in [0, 0.1) is 0 Å². The van der Waals surface area contributed by atoms with Crippen molar-refractivity contribution in [3.8, 4) is 11.5 Å². The Labute approximate surface area is 128 Å². The third-order valence-electron chi connectivity index (χ3n) is 3.01. The lowest BCUT2D eigenvalue weighted by atomic mass is 10.3. The van der Waals surface area contributed by atoms with Crippen molar-refractivity contribution in [2.75, 3.05) is 18.5 Å². The molecule has 1 aliphatic rings. The van der Waals surface area contributed by atoms with Crippen molar-refractivity contribution in [2.45, 2.75) is 13.0 Å². The predicted octanol–water partition coefficient (Wildman–Crippen LogP) is 2.93. The SMILES string of the molecule is S=C(NCc1ccco1)Nc1ccc2c(c1)OCCCO2. The minimum atomic E-state index is 0.529. The molecule has 0 bridgehead atoms. The average Bonchev–Trinajstić information content (AvgIpc) is 2.90. The van der Waals surface area contributed by atoms with Gasteiger partial charge in [-0.25, -0.2) is 0 Å². The molecular weight excluding hydrogens is 288 g/mol. The molecule has 0 saturated carbocycles. The fraction of sp³-hybridized carbons (Fsp3) is 0.267. The molecule has 0 atom stereocenters. The van der Waals surface area contributed by atoms with Gasteiger partial charge in [-0.1, -0.05) is 0 Å². The molecule has 5 nitrogen and oxygen atoms in total. The Bertz CT molecular complexity index is 613. The van der Waals surface area contributed by atoms with Crippen LogP contribution in [0.2, 0.25) is 0 Å². The molecule has 0 fully saturated rings. The van der Waals surface area contributed by atoms with Crippen molar-refractivity contribution in [1.82, 2.24) is 5.32 Å². The average molecular weight is 304 g/mol. The normalized spacial score (nSPS) is 13.3. The third-order valence-corrected chi connectivity index (χ3v) is 3.26. The third kappa shape index (κ3) is 3.66. The molecule has 0 amide bonds. The molecule has 2 aromatic rings. The molecule has 6 heteroatoms. The van der Waals surface area contributed by atoms with E-state index in [1.54, 1.807) is 6.26 Å². The van der Waals surface area contributed by atoms with Crippen molar-refractivity contribution in [2.24, 2.45) is 0 Å². The summed E-state index contributed by atoms with van der Waals surface area (Å²) in [5, 5.41) is 6.73. The summed E-state index contributed by atoms with van der Waals surface area (Å²) >= 11 is 5.25. The number of hydrogen-bond acceptors (Lipinski definition) is 4. The van der Waals surface area contributed by atoms with Gasteiger partial charge in [0.05, 0.1) is 26.0 Å². The van der Waals surface area contributed by atoms with E-state index in [1.165, 1.54) is 0 Å². The topological polar surface area (TPSA) is 55.7 Å². The maximum absolute atomic E-state index is 5.65. The minimum Gasteiger partial charge on any atom is -0.490 e. The van der Waals surface area contributed by atoms with Gasteiger partial charge in [-0.05, 0) is 36.5 Å². The quantitative estimate of drug-likeness (QED) is 0.850. The number of ether oxygens (including phenoxy) is 2. The van der Waals surface area contributed by atoms with Crippen molar-refractivity contribution < 1.29 is 13.9 Å². The molecule has 1 aromatic carbocycles. The number of nitrogens with one attached hydrogen (secondary N) is 2. The smallest absolute Gasteiger partial charge is 0.171 e. The van der Waals surface area contributed by atoms with Gasteiger partial charge in [0, 0.05) is 18.2 Å². The van der Waals surface area contributed by atoms with E-state index in [-0.39, 0.29) is 0 Å².